The number of rotatable bonds is 4. The third kappa shape index (κ3) is 4.75. The topological polar surface area (TPSA) is 64.0 Å². The smallest absolute Gasteiger partial charge is 0.317 e. The quantitative estimate of drug-likeness (QED) is 0.790. The Morgan fingerprint density at radius 2 is 1.58 bits per heavy atom. The fourth-order valence-corrected chi connectivity index (χ4v) is 3.32. The van der Waals surface area contributed by atoms with Crippen molar-refractivity contribution in [1.82, 2.24) is 9.80 Å². The van der Waals surface area contributed by atoms with Gasteiger partial charge in [-0.15, -0.1) is 0 Å². The first kappa shape index (κ1) is 14.8. The summed E-state index contributed by atoms with van der Waals surface area (Å²) in [6.45, 7) is 4.38. The Morgan fingerprint density at radius 3 is 2.26 bits per heavy atom. The van der Waals surface area contributed by atoms with E-state index in [1.165, 1.54) is 6.42 Å². The van der Waals surface area contributed by atoms with Crippen LogP contribution in [0.15, 0.2) is 0 Å². The van der Waals surface area contributed by atoms with Crippen LogP contribution in [-0.4, -0.2) is 70.9 Å². The first-order valence-corrected chi connectivity index (χ1v) is 7.46. The SMILES string of the molecule is O=C(O)CN1CCCN(CC2(O)CCCCC2)CC1. The maximum Gasteiger partial charge on any atom is 0.317 e. The van der Waals surface area contributed by atoms with Crippen molar-refractivity contribution in [1.29, 1.82) is 0 Å². The predicted octanol–water partition coefficient (Wildman–Crippen LogP) is 0.774. The number of aliphatic hydroxyl groups is 1. The Hall–Kier alpha value is -0.650. The summed E-state index contributed by atoms with van der Waals surface area (Å²) in [5, 5.41) is 19.4. The fraction of sp³-hybridized carbons (Fsp3) is 0.929. The summed E-state index contributed by atoms with van der Waals surface area (Å²) in [7, 11) is 0. The molecule has 0 spiro atoms. The van der Waals surface area contributed by atoms with E-state index in [1.54, 1.807) is 0 Å². The normalized spacial score (nSPS) is 25.9. The molecule has 0 aromatic heterocycles. The van der Waals surface area contributed by atoms with Crippen LogP contribution in [0.25, 0.3) is 0 Å². The van der Waals surface area contributed by atoms with Crippen molar-refractivity contribution >= 4 is 5.97 Å². The van der Waals surface area contributed by atoms with Crippen molar-refractivity contribution in [3.8, 4) is 0 Å². The molecule has 2 fully saturated rings. The maximum atomic E-state index is 10.7. The highest BCUT2D eigenvalue weighted by Crippen LogP contribution is 2.29. The lowest BCUT2D eigenvalue weighted by Crippen LogP contribution is -2.45. The molecule has 1 aliphatic carbocycles. The van der Waals surface area contributed by atoms with Gasteiger partial charge in [0, 0.05) is 26.2 Å². The van der Waals surface area contributed by atoms with Crippen molar-refractivity contribution in [2.75, 3.05) is 39.3 Å². The van der Waals surface area contributed by atoms with Crippen molar-refractivity contribution < 1.29 is 15.0 Å². The molecule has 0 aromatic carbocycles. The first-order valence-electron chi connectivity index (χ1n) is 7.46. The minimum absolute atomic E-state index is 0.137. The summed E-state index contributed by atoms with van der Waals surface area (Å²) in [4.78, 5) is 15.0. The molecule has 0 amide bonds. The number of hydrogen-bond acceptors (Lipinski definition) is 4. The van der Waals surface area contributed by atoms with Crippen LogP contribution >= 0.6 is 0 Å². The average Bonchev–Trinajstić information content (AvgIpc) is 2.55. The molecule has 1 heterocycles. The van der Waals surface area contributed by atoms with Crippen molar-refractivity contribution in [2.24, 2.45) is 0 Å². The van der Waals surface area contributed by atoms with E-state index < -0.39 is 11.6 Å². The van der Waals surface area contributed by atoms with E-state index in [9.17, 15) is 9.90 Å². The largest absolute Gasteiger partial charge is 0.480 e. The zero-order chi connectivity index (χ0) is 13.7. The number of carboxylic acid groups (broad SMARTS) is 1. The third-order valence-corrected chi connectivity index (χ3v) is 4.34. The van der Waals surface area contributed by atoms with Crippen LogP contribution < -0.4 is 0 Å². The van der Waals surface area contributed by atoms with E-state index in [2.05, 4.69) is 4.90 Å². The van der Waals surface area contributed by atoms with E-state index in [1.807, 2.05) is 4.90 Å². The second-order valence-electron chi connectivity index (χ2n) is 6.08. The molecule has 110 valence electrons. The fourth-order valence-electron chi connectivity index (χ4n) is 3.32. The Labute approximate surface area is 115 Å². The van der Waals surface area contributed by atoms with Crippen LogP contribution in [0.2, 0.25) is 0 Å². The summed E-state index contributed by atoms with van der Waals surface area (Å²) in [5.41, 5.74) is -0.500. The number of carboxylic acids is 1. The van der Waals surface area contributed by atoms with Crippen LogP contribution in [0.3, 0.4) is 0 Å². The molecule has 1 aliphatic heterocycles. The summed E-state index contributed by atoms with van der Waals surface area (Å²) in [5.74, 6) is -0.751. The molecule has 5 nitrogen and oxygen atoms in total. The van der Waals surface area contributed by atoms with Gasteiger partial charge in [0.1, 0.15) is 0 Å². The van der Waals surface area contributed by atoms with E-state index in [-0.39, 0.29) is 6.54 Å². The second-order valence-corrected chi connectivity index (χ2v) is 6.08. The van der Waals surface area contributed by atoms with Crippen LogP contribution in [-0.2, 0) is 4.79 Å². The number of hydrogen-bond donors (Lipinski definition) is 2. The Bertz CT molecular complexity index is 303. The molecule has 0 bridgehead atoms. The number of aliphatic carboxylic acids is 1. The molecule has 0 atom stereocenters. The highest BCUT2D eigenvalue weighted by molar-refractivity contribution is 5.69. The molecule has 1 saturated carbocycles. The minimum atomic E-state index is -0.751. The molecule has 2 N–H and O–H groups in total. The minimum Gasteiger partial charge on any atom is -0.480 e. The van der Waals surface area contributed by atoms with Gasteiger partial charge in [-0.05, 0) is 25.8 Å². The predicted molar refractivity (Wildman–Crippen MR) is 73.2 cm³/mol. The van der Waals surface area contributed by atoms with Gasteiger partial charge in [0.25, 0.3) is 0 Å². The Morgan fingerprint density at radius 1 is 0.947 bits per heavy atom. The van der Waals surface area contributed by atoms with E-state index in [0.29, 0.717) is 0 Å². The van der Waals surface area contributed by atoms with Crippen LogP contribution in [0.5, 0.6) is 0 Å². The number of nitrogens with zero attached hydrogens (tertiary/aromatic N) is 2. The molecule has 2 aliphatic rings. The standard InChI is InChI=1S/C14H26N2O3/c17-13(18)11-15-7-4-8-16(10-9-15)12-14(19)5-2-1-3-6-14/h19H,1-12H2,(H,17,18). The van der Waals surface area contributed by atoms with Crippen molar-refractivity contribution in [3.63, 3.8) is 0 Å². The molecular weight excluding hydrogens is 244 g/mol. The van der Waals surface area contributed by atoms with E-state index in [0.717, 1.165) is 64.8 Å². The van der Waals surface area contributed by atoms with Crippen LogP contribution in [0, 0.1) is 0 Å². The van der Waals surface area contributed by atoms with E-state index in [4.69, 9.17) is 5.11 Å². The van der Waals surface area contributed by atoms with Gasteiger partial charge >= 0.3 is 5.97 Å². The summed E-state index contributed by atoms with van der Waals surface area (Å²) >= 11 is 0. The monoisotopic (exact) mass is 270 g/mol. The van der Waals surface area contributed by atoms with Gasteiger partial charge < -0.3 is 10.2 Å². The van der Waals surface area contributed by atoms with Gasteiger partial charge in [-0.3, -0.25) is 14.6 Å². The Balaban J connectivity index is 1.80. The van der Waals surface area contributed by atoms with E-state index >= 15 is 0 Å². The first-order chi connectivity index (χ1) is 9.07. The maximum absolute atomic E-state index is 10.7. The molecule has 0 radical (unpaired) electrons. The third-order valence-electron chi connectivity index (χ3n) is 4.34. The lowest BCUT2D eigenvalue weighted by atomic mass is 9.84. The molecule has 19 heavy (non-hydrogen) atoms. The average molecular weight is 270 g/mol. The molecule has 0 unspecified atom stereocenters. The van der Waals surface area contributed by atoms with Gasteiger partial charge in [-0.1, -0.05) is 19.3 Å². The van der Waals surface area contributed by atoms with Gasteiger partial charge in [-0.2, -0.15) is 0 Å². The van der Waals surface area contributed by atoms with Gasteiger partial charge in [0.2, 0.25) is 0 Å². The van der Waals surface area contributed by atoms with Crippen molar-refractivity contribution in [3.05, 3.63) is 0 Å². The zero-order valence-electron chi connectivity index (χ0n) is 11.7. The summed E-state index contributed by atoms with van der Waals surface area (Å²) in [6.07, 6.45) is 6.34. The number of carbonyl (C=O) groups is 1. The molecule has 2 rings (SSSR count). The van der Waals surface area contributed by atoms with Crippen LogP contribution in [0.1, 0.15) is 38.5 Å². The Kier molecular flexibility index (Phi) is 5.19. The second kappa shape index (κ2) is 6.68. The highest BCUT2D eigenvalue weighted by atomic mass is 16.4. The van der Waals surface area contributed by atoms with Gasteiger partial charge in [0.15, 0.2) is 0 Å². The molecule has 1 saturated heterocycles. The zero-order valence-corrected chi connectivity index (χ0v) is 11.7. The van der Waals surface area contributed by atoms with Crippen LogP contribution in [0.4, 0.5) is 0 Å². The van der Waals surface area contributed by atoms with Gasteiger partial charge in [0.05, 0.1) is 12.1 Å². The molecule has 0 aromatic rings. The summed E-state index contributed by atoms with van der Waals surface area (Å²) in [6, 6.07) is 0. The van der Waals surface area contributed by atoms with Crippen molar-refractivity contribution in [2.45, 2.75) is 44.1 Å². The lowest BCUT2D eigenvalue weighted by molar-refractivity contribution is -0.138. The highest BCUT2D eigenvalue weighted by Gasteiger charge is 2.31. The molecule has 5 heteroatoms. The number of β-amino-alcohol motifs (C(OH)–C–C–N with tert-alkyl or cyclic N) is 1. The molecular formula is C14H26N2O3. The summed E-state index contributed by atoms with van der Waals surface area (Å²) < 4.78 is 0. The van der Waals surface area contributed by atoms with Gasteiger partial charge in [-0.25, -0.2) is 0 Å². The lowest BCUT2D eigenvalue weighted by Gasteiger charge is -2.36.